The summed E-state index contributed by atoms with van der Waals surface area (Å²) in [7, 11) is 0. The molecule has 1 aromatic carbocycles. The van der Waals surface area contributed by atoms with Gasteiger partial charge < -0.3 is 24.8 Å². The van der Waals surface area contributed by atoms with E-state index in [0.717, 1.165) is 5.69 Å². The third-order valence-electron chi connectivity index (χ3n) is 4.10. The van der Waals surface area contributed by atoms with Gasteiger partial charge >= 0.3 is 0 Å². The zero-order valence-electron chi connectivity index (χ0n) is 13.0. The molecule has 2 aromatic rings. The highest BCUT2D eigenvalue weighted by Crippen LogP contribution is 2.33. The predicted octanol–water partition coefficient (Wildman–Crippen LogP) is 1.61. The molecule has 0 unspecified atom stereocenters. The van der Waals surface area contributed by atoms with E-state index < -0.39 is 0 Å². The number of pyridine rings is 1. The van der Waals surface area contributed by atoms with E-state index in [0.29, 0.717) is 42.6 Å². The van der Waals surface area contributed by atoms with E-state index in [1.807, 2.05) is 12.1 Å². The van der Waals surface area contributed by atoms with Crippen molar-refractivity contribution in [2.24, 2.45) is 0 Å². The van der Waals surface area contributed by atoms with Gasteiger partial charge in [-0.3, -0.25) is 4.79 Å². The Hall–Kier alpha value is -2.80. The van der Waals surface area contributed by atoms with Crippen LogP contribution in [-0.4, -0.2) is 42.3 Å². The summed E-state index contributed by atoms with van der Waals surface area (Å²) >= 11 is 0. The molecule has 7 nitrogen and oxygen atoms in total. The number of fused-ring (bicyclic) bond motifs is 1. The Morgan fingerprint density at radius 3 is 2.96 bits per heavy atom. The van der Waals surface area contributed by atoms with Gasteiger partial charge in [0.2, 0.25) is 6.79 Å². The summed E-state index contributed by atoms with van der Waals surface area (Å²) in [5.41, 5.74) is 7.03. The summed E-state index contributed by atoms with van der Waals surface area (Å²) < 4.78 is 16.4. The molecule has 2 aliphatic rings. The van der Waals surface area contributed by atoms with Crippen molar-refractivity contribution in [3.8, 4) is 11.5 Å². The Labute approximate surface area is 138 Å². The standard InChI is InChI=1S/C17H17N3O4/c18-16-3-1-2-12(19-16)15-9-20(6-7-22-15)17(21)11-4-5-13-14(8-11)24-10-23-13/h1-5,8,15H,6-7,9-10H2,(H2,18,19)/t15-/m1/s1. The first-order chi connectivity index (χ1) is 11.7. The van der Waals surface area contributed by atoms with Crippen molar-refractivity contribution in [2.45, 2.75) is 6.10 Å². The van der Waals surface area contributed by atoms with Gasteiger partial charge in [0.05, 0.1) is 18.8 Å². The summed E-state index contributed by atoms with van der Waals surface area (Å²) in [4.78, 5) is 18.8. The maximum Gasteiger partial charge on any atom is 0.254 e. The average molecular weight is 327 g/mol. The monoisotopic (exact) mass is 327 g/mol. The zero-order chi connectivity index (χ0) is 16.5. The Balaban J connectivity index is 1.52. The number of nitrogen functional groups attached to an aromatic ring is 1. The molecule has 0 aliphatic carbocycles. The van der Waals surface area contributed by atoms with Crippen LogP contribution in [0.1, 0.15) is 22.2 Å². The smallest absolute Gasteiger partial charge is 0.254 e. The second-order valence-electron chi connectivity index (χ2n) is 5.67. The fraction of sp³-hybridized carbons (Fsp3) is 0.294. The molecule has 2 N–H and O–H groups in total. The molecular formula is C17H17N3O4. The first kappa shape index (κ1) is 14.8. The number of amides is 1. The lowest BCUT2D eigenvalue weighted by Gasteiger charge is -2.32. The molecule has 0 bridgehead atoms. The highest BCUT2D eigenvalue weighted by molar-refractivity contribution is 5.95. The summed E-state index contributed by atoms with van der Waals surface area (Å²) in [5.74, 6) is 1.64. The molecule has 1 fully saturated rings. The normalized spacial score (nSPS) is 19.3. The zero-order valence-corrected chi connectivity index (χ0v) is 13.0. The van der Waals surface area contributed by atoms with Crippen LogP contribution in [0.15, 0.2) is 36.4 Å². The molecule has 124 valence electrons. The average Bonchev–Trinajstić information content (AvgIpc) is 3.09. The minimum absolute atomic E-state index is 0.0643. The molecule has 1 saturated heterocycles. The second-order valence-corrected chi connectivity index (χ2v) is 5.67. The number of aromatic nitrogens is 1. The summed E-state index contributed by atoms with van der Waals surface area (Å²) in [6, 6.07) is 10.6. The van der Waals surface area contributed by atoms with Crippen molar-refractivity contribution in [3.63, 3.8) is 0 Å². The molecule has 7 heteroatoms. The number of rotatable bonds is 2. The lowest BCUT2D eigenvalue weighted by molar-refractivity contribution is -0.0246. The molecular weight excluding hydrogens is 310 g/mol. The van der Waals surface area contributed by atoms with Gasteiger partial charge in [-0.25, -0.2) is 4.98 Å². The minimum Gasteiger partial charge on any atom is -0.454 e. The van der Waals surface area contributed by atoms with Gasteiger partial charge in [-0.15, -0.1) is 0 Å². The van der Waals surface area contributed by atoms with Crippen molar-refractivity contribution >= 4 is 11.7 Å². The van der Waals surface area contributed by atoms with Crippen LogP contribution in [0.4, 0.5) is 5.82 Å². The van der Waals surface area contributed by atoms with E-state index in [2.05, 4.69) is 4.98 Å². The lowest BCUT2D eigenvalue weighted by atomic mass is 10.1. The fourth-order valence-electron chi connectivity index (χ4n) is 2.87. The molecule has 1 atom stereocenters. The maximum atomic E-state index is 12.8. The number of ether oxygens (including phenoxy) is 3. The van der Waals surface area contributed by atoms with Crippen LogP contribution in [0.5, 0.6) is 11.5 Å². The van der Waals surface area contributed by atoms with Gasteiger partial charge in [0, 0.05) is 12.1 Å². The molecule has 4 rings (SSSR count). The van der Waals surface area contributed by atoms with Crippen molar-refractivity contribution < 1.29 is 19.0 Å². The van der Waals surface area contributed by atoms with Gasteiger partial charge in [-0.2, -0.15) is 0 Å². The predicted molar refractivity (Wildman–Crippen MR) is 85.8 cm³/mol. The van der Waals surface area contributed by atoms with E-state index in [4.69, 9.17) is 19.9 Å². The minimum atomic E-state index is -0.278. The lowest BCUT2D eigenvalue weighted by Crippen LogP contribution is -2.42. The van der Waals surface area contributed by atoms with Crippen LogP contribution in [0.2, 0.25) is 0 Å². The number of carbonyl (C=O) groups is 1. The summed E-state index contributed by atoms with van der Waals surface area (Å²) in [6.45, 7) is 1.61. The van der Waals surface area contributed by atoms with E-state index >= 15 is 0 Å². The number of nitrogens with zero attached hydrogens (tertiary/aromatic N) is 2. The van der Waals surface area contributed by atoms with Crippen LogP contribution >= 0.6 is 0 Å². The van der Waals surface area contributed by atoms with Crippen molar-refractivity contribution in [2.75, 3.05) is 32.2 Å². The number of anilines is 1. The van der Waals surface area contributed by atoms with Gasteiger partial charge in [-0.05, 0) is 30.3 Å². The number of hydrogen-bond donors (Lipinski definition) is 1. The molecule has 0 saturated carbocycles. The van der Waals surface area contributed by atoms with E-state index in [1.54, 1.807) is 29.2 Å². The SMILES string of the molecule is Nc1cccc([C@H]2CN(C(=O)c3ccc4c(c3)OCO4)CCO2)n1. The van der Waals surface area contributed by atoms with E-state index in [1.165, 1.54) is 0 Å². The van der Waals surface area contributed by atoms with Crippen molar-refractivity contribution in [3.05, 3.63) is 47.7 Å². The largest absolute Gasteiger partial charge is 0.454 e. The molecule has 24 heavy (non-hydrogen) atoms. The molecule has 0 radical (unpaired) electrons. The topological polar surface area (TPSA) is 86.9 Å². The maximum absolute atomic E-state index is 12.8. The third kappa shape index (κ3) is 2.74. The molecule has 1 amide bonds. The first-order valence-corrected chi connectivity index (χ1v) is 7.74. The highest BCUT2D eigenvalue weighted by atomic mass is 16.7. The Bertz CT molecular complexity index is 780. The van der Waals surface area contributed by atoms with Crippen LogP contribution in [0.25, 0.3) is 0 Å². The number of carbonyl (C=O) groups excluding carboxylic acids is 1. The fourth-order valence-corrected chi connectivity index (χ4v) is 2.87. The number of hydrogen-bond acceptors (Lipinski definition) is 6. The summed E-state index contributed by atoms with van der Waals surface area (Å²) in [6.07, 6.45) is -0.278. The van der Waals surface area contributed by atoms with Crippen LogP contribution in [0.3, 0.4) is 0 Å². The molecule has 2 aliphatic heterocycles. The Morgan fingerprint density at radius 1 is 1.21 bits per heavy atom. The van der Waals surface area contributed by atoms with Gasteiger partial charge in [0.25, 0.3) is 5.91 Å². The summed E-state index contributed by atoms with van der Waals surface area (Å²) in [5, 5.41) is 0. The number of nitrogens with two attached hydrogens (primary N) is 1. The van der Waals surface area contributed by atoms with Crippen LogP contribution < -0.4 is 15.2 Å². The van der Waals surface area contributed by atoms with Crippen LogP contribution in [0, 0.1) is 0 Å². The number of morpholine rings is 1. The highest BCUT2D eigenvalue weighted by Gasteiger charge is 2.28. The van der Waals surface area contributed by atoms with E-state index in [-0.39, 0.29) is 18.8 Å². The quantitative estimate of drug-likeness (QED) is 0.902. The number of benzene rings is 1. The van der Waals surface area contributed by atoms with Crippen molar-refractivity contribution in [1.29, 1.82) is 0 Å². The second kappa shape index (κ2) is 6.01. The van der Waals surface area contributed by atoms with Crippen LogP contribution in [-0.2, 0) is 4.74 Å². The molecule has 1 aromatic heterocycles. The van der Waals surface area contributed by atoms with Gasteiger partial charge in [0.1, 0.15) is 11.9 Å². The first-order valence-electron chi connectivity index (χ1n) is 7.74. The van der Waals surface area contributed by atoms with Gasteiger partial charge in [0.15, 0.2) is 11.5 Å². The molecule has 3 heterocycles. The van der Waals surface area contributed by atoms with Crippen molar-refractivity contribution in [1.82, 2.24) is 9.88 Å². The van der Waals surface area contributed by atoms with E-state index in [9.17, 15) is 4.79 Å². The molecule has 0 spiro atoms. The Kier molecular flexibility index (Phi) is 3.70. The third-order valence-corrected chi connectivity index (χ3v) is 4.10. The Morgan fingerprint density at radius 2 is 2.08 bits per heavy atom. The van der Waals surface area contributed by atoms with Gasteiger partial charge in [-0.1, -0.05) is 6.07 Å².